The summed E-state index contributed by atoms with van der Waals surface area (Å²) in [5.41, 5.74) is 2.09. The Labute approximate surface area is 161 Å². The van der Waals surface area contributed by atoms with Crippen LogP contribution in [0.4, 0.5) is 11.5 Å². The number of carbonyl (C=O) groups is 1. The molecule has 8 heteroatoms. The number of anilines is 2. The van der Waals surface area contributed by atoms with Crippen molar-refractivity contribution in [3.05, 3.63) is 36.3 Å². The number of aromatic nitrogens is 3. The summed E-state index contributed by atoms with van der Waals surface area (Å²) in [6.07, 6.45) is 5.30. The Morgan fingerprint density at radius 2 is 2.26 bits per heavy atom. The zero-order chi connectivity index (χ0) is 18.8. The number of fused-ring (bicyclic) bond motifs is 1. The number of nitrogens with one attached hydrogen (secondary N) is 1. The second-order valence-electron chi connectivity index (χ2n) is 6.65. The molecule has 1 fully saturated rings. The number of rotatable bonds is 4. The van der Waals surface area contributed by atoms with Crippen molar-refractivity contribution < 1.29 is 9.32 Å². The molecule has 0 unspecified atom stereocenters. The Balaban J connectivity index is 1.52. The van der Waals surface area contributed by atoms with Crippen molar-refractivity contribution in [3.8, 4) is 0 Å². The van der Waals surface area contributed by atoms with E-state index in [0.717, 1.165) is 46.9 Å². The minimum absolute atomic E-state index is 0.0466. The van der Waals surface area contributed by atoms with Gasteiger partial charge in [-0.1, -0.05) is 11.2 Å². The van der Waals surface area contributed by atoms with Crippen LogP contribution in [-0.4, -0.2) is 40.4 Å². The lowest BCUT2D eigenvalue weighted by Gasteiger charge is -2.33. The summed E-state index contributed by atoms with van der Waals surface area (Å²) in [5.74, 6) is 0.743. The van der Waals surface area contributed by atoms with Gasteiger partial charge in [0.1, 0.15) is 17.5 Å². The monoisotopic (exact) mass is 383 g/mol. The first-order valence-electron chi connectivity index (χ1n) is 8.92. The standard InChI is InChI=1S/C19H21N5O2S/c1-12-16-17(20-11-21-19(16)26-23-12)24-8-4-5-13(10-24)18(25)22-14-6-3-7-15(9-14)27-2/h3,6-7,9,11,13H,4-5,8,10H2,1-2H3,(H,22,25)/t13-/m1/s1. The molecule has 1 aromatic carbocycles. The molecule has 140 valence electrons. The van der Waals surface area contributed by atoms with Crippen molar-refractivity contribution in [3.63, 3.8) is 0 Å². The van der Waals surface area contributed by atoms with E-state index in [9.17, 15) is 4.79 Å². The number of piperidine rings is 1. The second kappa shape index (κ2) is 7.56. The van der Waals surface area contributed by atoms with Gasteiger partial charge in [-0.2, -0.15) is 4.98 Å². The Kier molecular flexibility index (Phi) is 4.98. The third kappa shape index (κ3) is 3.62. The molecule has 3 aromatic rings. The van der Waals surface area contributed by atoms with Crippen molar-refractivity contribution in [2.75, 3.05) is 29.6 Å². The summed E-state index contributed by atoms with van der Waals surface area (Å²) in [7, 11) is 0. The molecule has 3 heterocycles. The van der Waals surface area contributed by atoms with Crippen LogP contribution in [0.1, 0.15) is 18.5 Å². The van der Waals surface area contributed by atoms with E-state index in [0.29, 0.717) is 12.3 Å². The molecule has 4 rings (SSSR count). The average Bonchev–Trinajstić information content (AvgIpc) is 3.09. The van der Waals surface area contributed by atoms with Crippen molar-refractivity contribution in [2.45, 2.75) is 24.7 Å². The summed E-state index contributed by atoms with van der Waals surface area (Å²) in [4.78, 5) is 24.7. The summed E-state index contributed by atoms with van der Waals surface area (Å²) < 4.78 is 5.25. The predicted molar refractivity (Wildman–Crippen MR) is 106 cm³/mol. The maximum absolute atomic E-state index is 12.8. The minimum atomic E-state index is -0.0955. The Hall–Kier alpha value is -2.61. The van der Waals surface area contributed by atoms with E-state index in [-0.39, 0.29) is 11.8 Å². The zero-order valence-corrected chi connectivity index (χ0v) is 16.1. The van der Waals surface area contributed by atoms with Gasteiger partial charge in [0.15, 0.2) is 0 Å². The predicted octanol–water partition coefficient (Wildman–Crippen LogP) is 3.50. The van der Waals surface area contributed by atoms with Gasteiger partial charge in [-0.15, -0.1) is 11.8 Å². The van der Waals surface area contributed by atoms with Crippen molar-refractivity contribution in [1.82, 2.24) is 15.1 Å². The van der Waals surface area contributed by atoms with Crippen LogP contribution in [0.15, 0.2) is 40.0 Å². The van der Waals surface area contributed by atoms with Crippen LogP contribution in [-0.2, 0) is 4.79 Å². The summed E-state index contributed by atoms with van der Waals surface area (Å²) in [6, 6.07) is 7.91. The maximum Gasteiger partial charge on any atom is 0.263 e. The van der Waals surface area contributed by atoms with Gasteiger partial charge in [0.2, 0.25) is 5.91 Å². The van der Waals surface area contributed by atoms with E-state index in [2.05, 4.69) is 25.3 Å². The number of hydrogen-bond acceptors (Lipinski definition) is 7. The van der Waals surface area contributed by atoms with E-state index >= 15 is 0 Å². The van der Waals surface area contributed by atoms with Gasteiger partial charge in [0.05, 0.1) is 11.6 Å². The van der Waals surface area contributed by atoms with E-state index in [1.54, 1.807) is 11.8 Å². The number of benzene rings is 1. The van der Waals surface area contributed by atoms with Gasteiger partial charge in [-0.3, -0.25) is 4.79 Å². The molecule has 7 nitrogen and oxygen atoms in total. The number of amides is 1. The van der Waals surface area contributed by atoms with Crippen LogP contribution in [0.2, 0.25) is 0 Å². The normalized spacial score (nSPS) is 17.3. The number of aryl methyl sites for hydroxylation is 1. The summed E-state index contributed by atoms with van der Waals surface area (Å²) in [5, 5.41) is 7.88. The summed E-state index contributed by atoms with van der Waals surface area (Å²) in [6.45, 7) is 3.35. The quantitative estimate of drug-likeness (QED) is 0.690. The lowest BCUT2D eigenvalue weighted by atomic mass is 9.96. The molecule has 1 N–H and O–H groups in total. The fourth-order valence-electron chi connectivity index (χ4n) is 3.47. The molecule has 0 bridgehead atoms. The van der Waals surface area contributed by atoms with Crippen LogP contribution in [0, 0.1) is 12.8 Å². The smallest absolute Gasteiger partial charge is 0.263 e. The Morgan fingerprint density at radius 3 is 3.11 bits per heavy atom. The number of thioether (sulfide) groups is 1. The van der Waals surface area contributed by atoms with Gasteiger partial charge in [-0.25, -0.2) is 4.98 Å². The lowest BCUT2D eigenvalue weighted by molar-refractivity contribution is -0.120. The van der Waals surface area contributed by atoms with Gasteiger partial charge < -0.3 is 14.7 Å². The average molecular weight is 383 g/mol. The van der Waals surface area contributed by atoms with Crippen LogP contribution < -0.4 is 10.2 Å². The maximum atomic E-state index is 12.8. The number of nitrogens with zero attached hydrogens (tertiary/aromatic N) is 4. The molecule has 1 amide bonds. The van der Waals surface area contributed by atoms with Gasteiger partial charge in [0, 0.05) is 23.7 Å². The molecule has 1 atom stereocenters. The Bertz CT molecular complexity index is 974. The molecular formula is C19H21N5O2S. The van der Waals surface area contributed by atoms with Gasteiger partial charge >= 0.3 is 0 Å². The first kappa shape index (κ1) is 17.8. The highest BCUT2D eigenvalue weighted by molar-refractivity contribution is 7.98. The molecule has 2 aromatic heterocycles. The fraction of sp³-hybridized carbons (Fsp3) is 0.368. The van der Waals surface area contributed by atoms with E-state index in [1.807, 2.05) is 37.4 Å². The summed E-state index contributed by atoms with van der Waals surface area (Å²) >= 11 is 1.66. The molecule has 0 radical (unpaired) electrons. The Morgan fingerprint density at radius 1 is 1.37 bits per heavy atom. The number of carbonyl (C=O) groups excluding carboxylic acids is 1. The van der Waals surface area contributed by atoms with E-state index in [1.165, 1.54) is 6.33 Å². The molecular weight excluding hydrogens is 362 g/mol. The molecule has 1 saturated heterocycles. The SMILES string of the molecule is CSc1cccc(NC(=O)[C@@H]2CCCN(c3ncnc4onc(C)c34)C2)c1. The highest BCUT2D eigenvalue weighted by atomic mass is 32.2. The highest BCUT2D eigenvalue weighted by Crippen LogP contribution is 2.30. The van der Waals surface area contributed by atoms with Crippen molar-refractivity contribution in [2.24, 2.45) is 5.92 Å². The lowest BCUT2D eigenvalue weighted by Crippen LogP contribution is -2.41. The van der Waals surface area contributed by atoms with Gasteiger partial charge in [0.25, 0.3) is 5.71 Å². The fourth-order valence-corrected chi connectivity index (χ4v) is 3.93. The first-order chi connectivity index (χ1) is 13.2. The van der Waals surface area contributed by atoms with E-state index in [4.69, 9.17) is 4.52 Å². The zero-order valence-electron chi connectivity index (χ0n) is 15.3. The topological polar surface area (TPSA) is 84.2 Å². The van der Waals surface area contributed by atoms with Crippen molar-refractivity contribution >= 4 is 40.3 Å². The van der Waals surface area contributed by atoms with Gasteiger partial charge in [-0.05, 0) is 44.2 Å². The third-order valence-corrected chi connectivity index (χ3v) is 5.58. The molecule has 1 aliphatic heterocycles. The van der Waals surface area contributed by atoms with Crippen LogP contribution in [0.25, 0.3) is 11.1 Å². The van der Waals surface area contributed by atoms with Crippen molar-refractivity contribution in [1.29, 1.82) is 0 Å². The first-order valence-corrected chi connectivity index (χ1v) is 10.1. The third-order valence-electron chi connectivity index (χ3n) is 4.85. The van der Waals surface area contributed by atoms with Crippen LogP contribution >= 0.6 is 11.8 Å². The minimum Gasteiger partial charge on any atom is -0.355 e. The molecule has 1 aliphatic rings. The molecule has 27 heavy (non-hydrogen) atoms. The van der Waals surface area contributed by atoms with Crippen LogP contribution in [0.3, 0.4) is 0 Å². The second-order valence-corrected chi connectivity index (χ2v) is 7.53. The molecule has 0 saturated carbocycles. The molecule has 0 aliphatic carbocycles. The highest BCUT2D eigenvalue weighted by Gasteiger charge is 2.28. The van der Waals surface area contributed by atoms with Crippen LogP contribution in [0.5, 0.6) is 0 Å². The van der Waals surface area contributed by atoms with E-state index < -0.39 is 0 Å². The number of hydrogen-bond donors (Lipinski definition) is 1. The largest absolute Gasteiger partial charge is 0.355 e. The molecule has 0 spiro atoms.